The Hall–Kier alpha value is -1.02. The van der Waals surface area contributed by atoms with Crippen LogP contribution < -0.4 is 0 Å². The number of alkyl halides is 1. The van der Waals surface area contributed by atoms with E-state index >= 15 is 0 Å². The van der Waals surface area contributed by atoms with Crippen LogP contribution in [0.15, 0.2) is 24.4 Å². The second-order valence-corrected chi connectivity index (χ2v) is 3.81. The maximum absolute atomic E-state index is 6.03. The molecular formula is C10H11ClN2. The molecule has 0 fully saturated rings. The van der Waals surface area contributed by atoms with Gasteiger partial charge in [0.2, 0.25) is 0 Å². The molecule has 0 aliphatic rings. The van der Waals surface area contributed by atoms with E-state index in [1.165, 1.54) is 0 Å². The summed E-state index contributed by atoms with van der Waals surface area (Å²) in [5, 5.41) is -0.00361. The highest BCUT2D eigenvalue weighted by molar-refractivity contribution is 6.20. The summed E-state index contributed by atoms with van der Waals surface area (Å²) in [6.07, 6.45) is 1.83. The van der Waals surface area contributed by atoms with E-state index in [0.717, 1.165) is 17.0 Å². The maximum Gasteiger partial charge on any atom is 0.137 e. The summed E-state index contributed by atoms with van der Waals surface area (Å²) in [6.45, 7) is 4.01. The molecule has 0 aliphatic heterocycles. The molecule has 0 saturated carbocycles. The Bertz CT molecular complexity index is 431. The van der Waals surface area contributed by atoms with Crippen molar-refractivity contribution in [1.82, 2.24) is 9.38 Å². The Morgan fingerprint density at radius 2 is 2.23 bits per heavy atom. The second-order valence-electron chi connectivity index (χ2n) is 3.16. The fraction of sp³-hybridized carbons (Fsp3) is 0.300. The SMILES string of the molecule is Cc1cccc2ncc([C@@H](C)Cl)n12. The molecule has 2 rings (SSSR count). The van der Waals surface area contributed by atoms with Crippen LogP contribution in [-0.2, 0) is 0 Å². The summed E-state index contributed by atoms with van der Waals surface area (Å²) < 4.78 is 2.08. The number of rotatable bonds is 1. The highest BCUT2D eigenvalue weighted by Crippen LogP contribution is 2.21. The largest absolute Gasteiger partial charge is 0.300 e. The molecule has 0 bridgehead atoms. The van der Waals surface area contributed by atoms with Gasteiger partial charge in [0.25, 0.3) is 0 Å². The van der Waals surface area contributed by atoms with Gasteiger partial charge in [0.05, 0.1) is 17.3 Å². The second kappa shape index (κ2) is 3.04. The molecule has 0 radical (unpaired) electrons. The molecule has 2 aromatic heterocycles. The molecule has 0 saturated heterocycles. The summed E-state index contributed by atoms with van der Waals surface area (Å²) in [7, 11) is 0. The van der Waals surface area contributed by atoms with Gasteiger partial charge in [-0.05, 0) is 26.0 Å². The first-order valence-corrected chi connectivity index (χ1v) is 4.71. The molecule has 0 N–H and O–H groups in total. The number of pyridine rings is 1. The first-order chi connectivity index (χ1) is 6.20. The van der Waals surface area contributed by atoms with Gasteiger partial charge in [-0.15, -0.1) is 11.6 Å². The lowest BCUT2D eigenvalue weighted by Crippen LogP contribution is -1.96. The number of aromatic nitrogens is 2. The Labute approximate surface area is 82.2 Å². The highest BCUT2D eigenvalue weighted by Gasteiger charge is 2.08. The molecule has 68 valence electrons. The lowest BCUT2D eigenvalue weighted by atomic mass is 10.3. The minimum Gasteiger partial charge on any atom is -0.300 e. The molecule has 0 amide bonds. The van der Waals surface area contributed by atoms with Crippen LogP contribution in [0.3, 0.4) is 0 Å². The van der Waals surface area contributed by atoms with Gasteiger partial charge in [0.15, 0.2) is 0 Å². The van der Waals surface area contributed by atoms with E-state index in [0.29, 0.717) is 0 Å². The number of hydrogen-bond donors (Lipinski definition) is 0. The van der Waals surface area contributed by atoms with Gasteiger partial charge in [0, 0.05) is 5.69 Å². The van der Waals surface area contributed by atoms with Crippen molar-refractivity contribution in [2.24, 2.45) is 0 Å². The third-order valence-corrected chi connectivity index (χ3v) is 2.38. The van der Waals surface area contributed by atoms with E-state index in [2.05, 4.69) is 22.4 Å². The molecule has 0 spiro atoms. The Morgan fingerprint density at radius 3 is 2.92 bits per heavy atom. The van der Waals surface area contributed by atoms with Crippen molar-refractivity contribution in [2.75, 3.05) is 0 Å². The summed E-state index contributed by atoms with van der Waals surface area (Å²) in [6, 6.07) is 6.04. The van der Waals surface area contributed by atoms with E-state index in [1.807, 2.05) is 25.3 Å². The first kappa shape index (κ1) is 8.57. The first-order valence-electron chi connectivity index (χ1n) is 4.27. The summed E-state index contributed by atoms with van der Waals surface area (Å²) in [5.74, 6) is 0. The molecule has 0 aliphatic carbocycles. The van der Waals surface area contributed by atoms with Crippen molar-refractivity contribution < 1.29 is 0 Å². The van der Waals surface area contributed by atoms with Gasteiger partial charge < -0.3 is 0 Å². The molecule has 0 aromatic carbocycles. The topological polar surface area (TPSA) is 17.3 Å². The predicted molar refractivity (Wildman–Crippen MR) is 54.2 cm³/mol. The summed E-state index contributed by atoms with van der Waals surface area (Å²) >= 11 is 6.03. The van der Waals surface area contributed by atoms with Gasteiger partial charge in [-0.25, -0.2) is 4.98 Å². The minimum atomic E-state index is -0.00361. The van der Waals surface area contributed by atoms with Gasteiger partial charge in [-0.1, -0.05) is 6.07 Å². The molecule has 3 heteroatoms. The zero-order valence-corrected chi connectivity index (χ0v) is 8.42. The third-order valence-electron chi connectivity index (χ3n) is 2.16. The summed E-state index contributed by atoms with van der Waals surface area (Å²) in [4.78, 5) is 4.28. The Balaban J connectivity index is 2.79. The van der Waals surface area contributed by atoms with Crippen LogP contribution in [0.25, 0.3) is 5.65 Å². The Morgan fingerprint density at radius 1 is 1.46 bits per heavy atom. The van der Waals surface area contributed by atoms with Gasteiger partial charge in [-0.2, -0.15) is 0 Å². The van der Waals surface area contributed by atoms with E-state index in [9.17, 15) is 0 Å². The third kappa shape index (κ3) is 1.31. The Kier molecular flexibility index (Phi) is 2.00. The van der Waals surface area contributed by atoms with Gasteiger partial charge in [0.1, 0.15) is 5.65 Å². The molecule has 2 nitrogen and oxygen atoms in total. The number of nitrogens with zero attached hydrogens (tertiary/aromatic N) is 2. The van der Waals surface area contributed by atoms with Crippen LogP contribution in [0.4, 0.5) is 0 Å². The van der Waals surface area contributed by atoms with Gasteiger partial charge in [-0.3, -0.25) is 4.40 Å². The van der Waals surface area contributed by atoms with Crippen molar-refractivity contribution in [3.8, 4) is 0 Å². The zero-order chi connectivity index (χ0) is 9.42. The number of imidazole rings is 1. The lowest BCUT2D eigenvalue weighted by Gasteiger charge is -2.05. The average Bonchev–Trinajstić information content (AvgIpc) is 2.49. The van der Waals surface area contributed by atoms with Crippen LogP contribution in [0.5, 0.6) is 0 Å². The highest BCUT2D eigenvalue weighted by atomic mass is 35.5. The van der Waals surface area contributed by atoms with E-state index in [4.69, 9.17) is 11.6 Å². The lowest BCUT2D eigenvalue weighted by molar-refractivity contribution is 0.934. The number of halogens is 1. The molecule has 2 heterocycles. The smallest absolute Gasteiger partial charge is 0.137 e. The monoisotopic (exact) mass is 194 g/mol. The van der Waals surface area contributed by atoms with Crippen LogP contribution in [0.1, 0.15) is 23.7 Å². The maximum atomic E-state index is 6.03. The van der Waals surface area contributed by atoms with E-state index < -0.39 is 0 Å². The molecule has 1 atom stereocenters. The van der Waals surface area contributed by atoms with Crippen LogP contribution in [0.2, 0.25) is 0 Å². The van der Waals surface area contributed by atoms with E-state index in [-0.39, 0.29) is 5.38 Å². The van der Waals surface area contributed by atoms with Crippen LogP contribution in [-0.4, -0.2) is 9.38 Å². The van der Waals surface area contributed by atoms with Crippen LogP contribution in [0, 0.1) is 6.92 Å². The quantitative estimate of drug-likeness (QED) is 0.638. The van der Waals surface area contributed by atoms with E-state index in [1.54, 1.807) is 0 Å². The fourth-order valence-electron chi connectivity index (χ4n) is 1.51. The van der Waals surface area contributed by atoms with Crippen molar-refractivity contribution in [3.63, 3.8) is 0 Å². The van der Waals surface area contributed by atoms with Crippen molar-refractivity contribution in [1.29, 1.82) is 0 Å². The number of aryl methyl sites for hydroxylation is 1. The zero-order valence-electron chi connectivity index (χ0n) is 7.66. The van der Waals surface area contributed by atoms with Crippen LogP contribution >= 0.6 is 11.6 Å². The standard InChI is InChI=1S/C10H11ClN2/c1-7-4-3-5-10-12-6-9(8(2)11)13(7)10/h3-6,8H,1-2H3/t8-/m1/s1. The van der Waals surface area contributed by atoms with Gasteiger partial charge >= 0.3 is 0 Å². The molecule has 13 heavy (non-hydrogen) atoms. The molecule has 2 aromatic rings. The predicted octanol–water partition coefficient (Wildman–Crippen LogP) is 2.94. The van der Waals surface area contributed by atoms with Crippen molar-refractivity contribution in [3.05, 3.63) is 35.8 Å². The normalized spacial score (nSPS) is 13.5. The van der Waals surface area contributed by atoms with Crippen molar-refractivity contribution in [2.45, 2.75) is 19.2 Å². The minimum absolute atomic E-state index is 0.00361. The van der Waals surface area contributed by atoms with Crippen molar-refractivity contribution >= 4 is 17.2 Å². The number of fused-ring (bicyclic) bond motifs is 1. The summed E-state index contributed by atoms with van der Waals surface area (Å²) in [5.41, 5.74) is 3.18. The number of hydrogen-bond acceptors (Lipinski definition) is 1. The fourth-order valence-corrected chi connectivity index (χ4v) is 1.66. The molecular weight excluding hydrogens is 184 g/mol. The average molecular weight is 195 g/mol. The molecule has 0 unspecified atom stereocenters.